The molecule has 168 valence electrons. The standard InChI is InChI=1S/C21H27N3O6S/c1-4-29-17-10-9-16(13-19(17)31(27,28)23(2)3)22-20(25)15-7-5-11-24(14-15)21(26)18-8-6-12-30-18/h6,8-10,12-13,15H,4-5,7,11,14H2,1-3H3,(H,22,25)/t15-/m0/s1. The first-order chi connectivity index (χ1) is 14.7. The van der Waals surface area contributed by atoms with Gasteiger partial charge in [0.05, 0.1) is 18.8 Å². The Morgan fingerprint density at radius 3 is 2.71 bits per heavy atom. The first-order valence-electron chi connectivity index (χ1n) is 10.1. The maximum absolute atomic E-state index is 12.9. The van der Waals surface area contributed by atoms with Crippen molar-refractivity contribution in [3.8, 4) is 5.75 Å². The van der Waals surface area contributed by atoms with Crippen molar-refractivity contribution in [1.82, 2.24) is 9.21 Å². The van der Waals surface area contributed by atoms with Crippen LogP contribution in [0.4, 0.5) is 5.69 Å². The predicted octanol–water partition coefficient (Wildman–Crippen LogP) is 2.42. The molecule has 0 radical (unpaired) electrons. The molecule has 0 saturated carbocycles. The van der Waals surface area contributed by atoms with Crippen molar-refractivity contribution in [2.24, 2.45) is 5.92 Å². The average molecular weight is 450 g/mol. The summed E-state index contributed by atoms with van der Waals surface area (Å²) in [6.45, 7) is 2.90. The summed E-state index contributed by atoms with van der Waals surface area (Å²) < 4.78 is 37.1. The van der Waals surface area contributed by atoms with Crippen LogP contribution >= 0.6 is 0 Å². The molecule has 0 unspecified atom stereocenters. The fraction of sp³-hybridized carbons (Fsp3) is 0.429. The lowest BCUT2D eigenvalue weighted by atomic mass is 9.96. The molecule has 1 aromatic heterocycles. The van der Waals surface area contributed by atoms with Gasteiger partial charge in [0.25, 0.3) is 5.91 Å². The van der Waals surface area contributed by atoms with Gasteiger partial charge in [0, 0.05) is 32.9 Å². The van der Waals surface area contributed by atoms with Crippen LogP contribution in [0.5, 0.6) is 5.75 Å². The van der Waals surface area contributed by atoms with E-state index in [0.717, 1.165) is 4.31 Å². The van der Waals surface area contributed by atoms with Gasteiger partial charge in [0.15, 0.2) is 5.76 Å². The largest absolute Gasteiger partial charge is 0.492 e. The number of ether oxygens (including phenoxy) is 1. The van der Waals surface area contributed by atoms with E-state index < -0.39 is 15.9 Å². The number of hydrogen-bond acceptors (Lipinski definition) is 6. The molecule has 3 rings (SSSR count). The molecule has 2 aromatic rings. The summed E-state index contributed by atoms with van der Waals surface area (Å²) in [6.07, 6.45) is 2.76. The maximum atomic E-state index is 12.9. The van der Waals surface area contributed by atoms with E-state index in [4.69, 9.17) is 9.15 Å². The minimum Gasteiger partial charge on any atom is -0.492 e. The van der Waals surface area contributed by atoms with Gasteiger partial charge in [0.2, 0.25) is 15.9 Å². The minimum atomic E-state index is -3.76. The second kappa shape index (κ2) is 9.52. The third-order valence-corrected chi connectivity index (χ3v) is 6.92. The molecule has 1 atom stereocenters. The molecule has 31 heavy (non-hydrogen) atoms. The van der Waals surface area contributed by atoms with Gasteiger partial charge in [-0.1, -0.05) is 0 Å². The van der Waals surface area contributed by atoms with Crippen LogP contribution < -0.4 is 10.1 Å². The van der Waals surface area contributed by atoms with Crippen LogP contribution in [-0.4, -0.2) is 63.2 Å². The maximum Gasteiger partial charge on any atom is 0.289 e. The highest BCUT2D eigenvalue weighted by Gasteiger charge is 2.30. The Morgan fingerprint density at radius 2 is 2.06 bits per heavy atom. The van der Waals surface area contributed by atoms with E-state index in [2.05, 4.69) is 5.32 Å². The van der Waals surface area contributed by atoms with Crippen LogP contribution in [0.15, 0.2) is 45.9 Å². The molecule has 0 aliphatic carbocycles. The molecule has 2 amide bonds. The Kier molecular flexibility index (Phi) is 7.01. The molecule has 0 bridgehead atoms. The molecule has 1 aliphatic rings. The lowest BCUT2D eigenvalue weighted by Crippen LogP contribution is -2.43. The van der Waals surface area contributed by atoms with Gasteiger partial charge in [-0.3, -0.25) is 9.59 Å². The van der Waals surface area contributed by atoms with Crippen LogP contribution in [0.3, 0.4) is 0 Å². The van der Waals surface area contributed by atoms with Gasteiger partial charge in [-0.2, -0.15) is 0 Å². The number of amides is 2. The van der Waals surface area contributed by atoms with Crippen molar-refractivity contribution in [1.29, 1.82) is 0 Å². The first-order valence-corrected chi connectivity index (χ1v) is 11.5. The number of likely N-dealkylation sites (tertiary alicyclic amines) is 1. The molecule has 0 spiro atoms. The first kappa shape index (κ1) is 22.8. The quantitative estimate of drug-likeness (QED) is 0.695. The molecule has 1 saturated heterocycles. The number of rotatable bonds is 7. The normalized spacial score (nSPS) is 16.9. The number of nitrogens with zero attached hydrogens (tertiary/aromatic N) is 2. The van der Waals surface area contributed by atoms with E-state index in [9.17, 15) is 18.0 Å². The summed E-state index contributed by atoms with van der Waals surface area (Å²) in [4.78, 5) is 27.0. The molecule has 9 nitrogen and oxygen atoms in total. The summed E-state index contributed by atoms with van der Waals surface area (Å²) in [6, 6.07) is 7.77. The van der Waals surface area contributed by atoms with Crippen LogP contribution in [0, 0.1) is 5.92 Å². The number of sulfonamides is 1. The van der Waals surface area contributed by atoms with Gasteiger partial charge in [-0.15, -0.1) is 0 Å². The topological polar surface area (TPSA) is 109 Å². The van der Waals surface area contributed by atoms with E-state index in [-0.39, 0.29) is 34.8 Å². The molecule has 2 heterocycles. The van der Waals surface area contributed by atoms with Crippen LogP contribution in [0.2, 0.25) is 0 Å². The van der Waals surface area contributed by atoms with Crippen molar-refractivity contribution in [3.05, 3.63) is 42.4 Å². The van der Waals surface area contributed by atoms with E-state index in [1.807, 2.05) is 0 Å². The molecule has 1 N–H and O–H groups in total. The Balaban J connectivity index is 1.76. The number of carbonyl (C=O) groups excluding carboxylic acids is 2. The third-order valence-electron chi connectivity index (χ3n) is 5.08. The second-order valence-corrected chi connectivity index (χ2v) is 9.56. The van der Waals surface area contributed by atoms with Gasteiger partial charge < -0.3 is 19.4 Å². The lowest BCUT2D eigenvalue weighted by Gasteiger charge is -2.31. The number of anilines is 1. The molecule has 10 heteroatoms. The van der Waals surface area contributed by atoms with Gasteiger partial charge in [0.1, 0.15) is 10.6 Å². The minimum absolute atomic E-state index is 0.0181. The molecule has 1 aromatic carbocycles. The molecular formula is C21H27N3O6S. The molecule has 1 aliphatic heterocycles. The lowest BCUT2D eigenvalue weighted by molar-refractivity contribution is -0.121. The van der Waals surface area contributed by atoms with Crippen LogP contribution in [0.1, 0.15) is 30.3 Å². The molecule has 1 fully saturated rings. The summed E-state index contributed by atoms with van der Waals surface area (Å²) in [5.41, 5.74) is 0.350. The van der Waals surface area contributed by atoms with Crippen molar-refractivity contribution in [2.45, 2.75) is 24.7 Å². The highest BCUT2D eigenvalue weighted by Crippen LogP contribution is 2.30. The van der Waals surface area contributed by atoms with Gasteiger partial charge in [-0.05, 0) is 50.1 Å². The Labute approximate surface area is 182 Å². The number of furan rings is 1. The van der Waals surface area contributed by atoms with E-state index in [0.29, 0.717) is 31.7 Å². The summed E-state index contributed by atoms with van der Waals surface area (Å²) in [7, 11) is -0.897. The fourth-order valence-electron chi connectivity index (χ4n) is 3.43. The number of nitrogens with one attached hydrogen (secondary N) is 1. The number of piperidine rings is 1. The number of benzene rings is 1. The SMILES string of the molecule is CCOc1ccc(NC(=O)[C@H]2CCCN(C(=O)c3ccco3)C2)cc1S(=O)(=O)N(C)C. The zero-order valence-electron chi connectivity index (χ0n) is 17.8. The van der Waals surface area contributed by atoms with Crippen LogP contribution in [0.25, 0.3) is 0 Å². The van der Waals surface area contributed by atoms with Crippen molar-refractivity contribution in [3.63, 3.8) is 0 Å². The third kappa shape index (κ3) is 5.08. The number of hydrogen-bond donors (Lipinski definition) is 1. The highest BCUT2D eigenvalue weighted by molar-refractivity contribution is 7.89. The number of carbonyl (C=O) groups is 2. The van der Waals surface area contributed by atoms with E-state index in [1.54, 1.807) is 30.0 Å². The van der Waals surface area contributed by atoms with Crippen molar-refractivity contribution < 1.29 is 27.2 Å². The summed E-state index contributed by atoms with van der Waals surface area (Å²) in [5, 5.41) is 2.79. The van der Waals surface area contributed by atoms with Crippen molar-refractivity contribution >= 4 is 27.5 Å². The summed E-state index contributed by atoms with van der Waals surface area (Å²) >= 11 is 0. The van der Waals surface area contributed by atoms with Gasteiger partial charge in [-0.25, -0.2) is 12.7 Å². The Hall–Kier alpha value is -2.85. The monoisotopic (exact) mass is 449 g/mol. The average Bonchev–Trinajstić information content (AvgIpc) is 3.29. The molecular weight excluding hydrogens is 422 g/mol. The predicted molar refractivity (Wildman–Crippen MR) is 114 cm³/mol. The van der Waals surface area contributed by atoms with E-state index in [1.165, 1.54) is 32.5 Å². The van der Waals surface area contributed by atoms with Crippen molar-refractivity contribution in [2.75, 3.05) is 39.1 Å². The fourth-order valence-corrected chi connectivity index (χ4v) is 4.49. The second-order valence-electron chi connectivity index (χ2n) is 7.44. The van der Waals surface area contributed by atoms with Gasteiger partial charge >= 0.3 is 0 Å². The van der Waals surface area contributed by atoms with E-state index >= 15 is 0 Å². The van der Waals surface area contributed by atoms with Crippen LogP contribution in [-0.2, 0) is 14.8 Å². The zero-order chi connectivity index (χ0) is 22.6. The Bertz CT molecular complexity index is 1030. The smallest absolute Gasteiger partial charge is 0.289 e. The zero-order valence-corrected chi connectivity index (χ0v) is 18.6. The highest BCUT2D eigenvalue weighted by atomic mass is 32.2. The summed E-state index contributed by atoms with van der Waals surface area (Å²) in [5.74, 6) is -0.460. The Morgan fingerprint density at radius 1 is 1.29 bits per heavy atom.